The van der Waals surface area contributed by atoms with Gasteiger partial charge in [-0.15, -0.1) is 0 Å². The number of carbonyl (C=O) groups excluding carboxylic acids is 1. The van der Waals surface area contributed by atoms with Crippen molar-refractivity contribution >= 4 is 21.9 Å². The lowest BCUT2D eigenvalue weighted by Gasteiger charge is -2.11. The zero-order chi connectivity index (χ0) is 12.1. The van der Waals surface area contributed by atoms with Gasteiger partial charge in [0.25, 0.3) is 0 Å². The number of alkyl halides is 1. The first kappa shape index (κ1) is 13.0. The third-order valence-corrected chi connectivity index (χ3v) is 3.05. The van der Waals surface area contributed by atoms with Gasteiger partial charge in [0.05, 0.1) is 20.6 Å². The molecule has 0 bridgehead atoms. The van der Waals surface area contributed by atoms with Crippen molar-refractivity contribution in [3.8, 4) is 5.75 Å². The SMILES string of the molecule is COC(=O)Cc1cc(OC)c(CBr)cc1C. The fourth-order valence-corrected chi connectivity index (χ4v) is 1.94. The van der Waals surface area contributed by atoms with E-state index < -0.39 is 0 Å². The molecule has 0 heterocycles. The summed E-state index contributed by atoms with van der Waals surface area (Å²) in [6, 6.07) is 3.91. The van der Waals surface area contributed by atoms with E-state index in [4.69, 9.17) is 4.74 Å². The molecule has 0 saturated carbocycles. The van der Waals surface area contributed by atoms with Crippen LogP contribution in [0.15, 0.2) is 12.1 Å². The molecule has 0 aliphatic carbocycles. The van der Waals surface area contributed by atoms with Crippen LogP contribution in [0, 0.1) is 6.92 Å². The molecule has 0 aliphatic rings. The zero-order valence-corrected chi connectivity index (χ0v) is 11.3. The van der Waals surface area contributed by atoms with Crippen LogP contribution >= 0.6 is 15.9 Å². The summed E-state index contributed by atoms with van der Waals surface area (Å²) in [4.78, 5) is 11.2. The van der Waals surface area contributed by atoms with Crippen LogP contribution in [0.3, 0.4) is 0 Å². The molecule has 0 N–H and O–H groups in total. The summed E-state index contributed by atoms with van der Waals surface area (Å²) in [5, 5.41) is 0.732. The number of aryl methyl sites for hydroxylation is 1. The normalized spacial score (nSPS) is 10.0. The highest BCUT2D eigenvalue weighted by atomic mass is 79.9. The van der Waals surface area contributed by atoms with Gasteiger partial charge in [0.15, 0.2) is 0 Å². The first-order chi connectivity index (χ1) is 7.62. The van der Waals surface area contributed by atoms with Gasteiger partial charge in [-0.2, -0.15) is 0 Å². The van der Waals surface area contributed by atoms with Crippen LogP contribution in [0.4, 0.5) is 0 Å². The van der Waals surface area contributed by atoms with E-state index in [2.05, 4.69) is 20.7 Å². The minimum absolute atomic E-state index is 0.239. The molecule has 0 atom stereocenters. The molecule has 1 rings (SSSR count). The van der Waals surface area contributed by atoms with Crippen LogP contribution in [0.25, 0.3) is 0 Å². The third-order valence-electron chi connectivity index (χ3n) is 2.45. The van der Waals surface area contributed by atoms with Crippen molar-refractivity contribution in [3.63, 3.8) is 0 Å². The van der Waals surface area contributed by atoms with Crippen LogP contribution in [0.5, 0.6) is 5.75 Å². The molecular weight excluding hydrogens is 272 g/mol. The molecule has 0 unspecified atom stereocenters. The van der Waals surface area contributed by atoms with Gasteiger partial charge in [-0.25, -0.2) is 0 Å². The Labute approximate surface area is 104 Å². The van der Waals surface area contributed by atoms with Gasteiger partial charge in [0.1, 0.15) is 5.75 Å². The lowest BCUT2D eigenvalue weighted by atomic mass is 10.0. The predicted octanol–water partition coefficient (Wildman–Crippen LogP) is 2.61. The summed E-state index contributed by atoms with van der Waals surface area (Å²) >= 11 is 3.40. The molecule has 0 aliphatic heterocycles. The third kappa shape index (κ3) is 2.98. The van der Waals surface area contributed by atoms with Gasteiger partial charge >= 0.3 is 5.97 Å². The molecular formula is C12H15BrO3. The number of hydrogen-bond donors (Lipinski definition) is 0. The average Bonchev–Trinajstić information content (AvgIpc) is 2.30. The Bertz CT molecular complexity index is 388. The second-order valence-electron chi connectivity index (χ2n) is 3.48. The van der Waals surface area contributed by atoms with Crippen LogP contribution < -0.4 is 4.74 Å². The fraction of sp³-hybridized carbons (Fsp3) is 0.417. The summed E-state index contributed by atoms with van der Waals surface area (Å²) in [6.07, 6.45) is 0.279. The Balaban J connectivity index is 3.06. The Morgan fingerprint density at radius 2 is 2.00 bits per heavy atom. The number of esters is 1. The first-order valence-corrected chi connectivity index (χ1v) is 6.03. The molecule has 0 amide bonds. The van der Waals surface area contributed by atoms with E-state index in [0.29, 0.717) is 0 Å². The van der Waals surface area contributed by atoms with Gasteiger partial charge in [0, 0.05) is 10.9 Å². The Kier molecular flexibility index (Phi) is 4.80. The highest BCUT2D eigenvalue weighted by Gasteiger charge is 2.10. The maximum atomic E-state index is 11.2. The standard InChI is InChI=1S/C12H15BrO3/c1-8-4-10(7-13)11(15-2)5-9(8)6-12(14)16-3/h4-5H,6-7H2,1-3H3. The van der Waals surface area contributed by atoms with E-state index in [-0.39, 0.29) is 12.4 Å². The molecule has 4 heteroatoms. The molecule has 1 aromatic rings. The largest absolute Gasteiger partial charge is 0.496 e. The number of methoxy groups -OCH3 is 2. The predicted molar refractivity (Wildman–Crippen MR) is 66.1 cm³/mol. The van der Waals surface area contributed by atoms with Gasteiger partial charge in [-0.05, 0) is 24.1 Å². The topological polar surface area (TPSA) is 35.5 Å². The summed E-state index contributed by atoms with van der Waals surface area (Å²) in [6.45, 7) is 1.98. The Morgan fingerprint density at radius 1 is 1.31 bits per heavy atom. The Morgan fingerprint density at radius 3 is 2.50 bits per heavy atom. The Hall–Kier alpha value is -1.03. The first-order valence-electron chi connectivity index (χ1n) is 4.91. The van der Waals surface area contributed by atoms with E-state index in [9.17, 15) is 4.79 Å². The number of ether oxygens (including phenoxy) is 2. The zero-order valence-electron chi connectivity index (χ0n) is 9.67. The quantitative estimate of drug-likeness (QED) is 0.631. The number of hydrogen-bond acceptors (Lipinski definition) is 3. The van der Waals surface area contributed by atoms with Crippen LogP contribution in [-0.2, 0) is 21.3 Å². The molecule has 88 valence electrons. The minimum Gasteiger partial charge on any atom is -0.496 e. The molecule has 0 fully saturated rings. The van der Waals surface area contributed by atoms with Gasteiger partial charge in [-0.3, -0.25) is 4.79 Å². The molecule has 0 spiro atoms. The number of halogens is 1. The number of rotatable bonds is 4. The van der Waals surface area contributed by atoms with Crippen LogP contribution in [0.2, 0.25) is 0 Å². The van der Waals surface area contributed by atoms with Crippen molar-refractivity contribution in [1.82, 2.24) is 0 Å². The summed E-state index contributed by atoms with van der Waals surface area (Å²) in [5.41, 5.74) is 3.09. The van der Waals surface area contributed by atoms with Crippen LogP contribution in [-0.4, -0.2) is 20.2 Å². The molecule has 0 saturated heterocycles. The van der Waals surface area contributed by atoms with E-state index in [1.807, 2.05) is 19.1 Å². The van der Waals surface area contributed by atoms with Gasteiger partial charge in [0.2, 0.25) is 0 Å². The number of carbonyl (C=O) groups is 1. The molecule has 3 nitrogen and oxygen atoms in total. The lowest BCUT2D eigenvalue weighted by molar-refractivity contribution is -0.139. The van der Waals surface area contributed by atoms with E-state index >= 15 is 0 Å². The number of benzene rings is 1. The molecule has 0 aromatic heterocycles. The van der Waals surface area contributed by atoms with Gasteiger partial charge in [-0.1, -0.05) is 22.0 Å². The van der Waals surface area contributed by atoms with Crippen molar-refractivity contribution in [3.05, 3.63) is 28.8 Å². The summed E-state index contributed by atoms with van der Waals surface area (Å²) < 4.78 is 9.92. The van der Waals surface area contributed by atoms with Gasteiger partial charge < -0.3 is 9.47 Å². The smallest absolute Gasteiger partial charge is 0.309 e. The van der Waals surface area contributed by atoms with Crippen molar-refractivity contribution in [2.75, 3.05) is 14.2 Å². The average molecular weight is 287 g/mol. The van der Waals surface area contributed by atoms with Crippen molar-refractivity contribution in [2.24, 2.45) is 0 Å². The fourth-order valence-electron chi connectivity index (χ4n) is 1.50. The second kappa shape index (κ2) is 5.89. The van der Waals surface area contributed by atoms with Crippen molar-refractivity contribution < 1.29 is 14.3 Å². The second-order valence-corrected chi connectivity index (χ2v) is 4.04. The lowest BCUT2D eigenvalue weighted by Crippen LogP contribution is -2.06. The monoisotopic (exact) mass is 286 g/mol. The molecule has 16 heavy (non-hydrogen) atoms. The maximum absolute atomic E-state index is 11.2. The maximum Gasteiger partial charge on any atom is 0.309 e. The van der Waals surface area contributed by atoms with Crippen molar-refractivity contribution in [1.29, 1.82) is 0 Å². The summed E-state index contributed by atoms with van der Waals surface area (Å²) in [5.74, 6) is 0.554. The minimum atomic E-state index is -0.239. The van der Waals surface area contributed by atoms with E-state index in [0.717, 1.165) is 27.8 Å². The molecule has 0 radical (unpaired) electrons. The molecule has 1 aromatic carbocycles. The van der Waals surface area contributed by atoms with Crippen molar-refractivity contribution in [2.45, 2.75) is 18.7 Å². The highest BCUT2D eigenvalue weighted by molar-refractivity contribution is 9.08. The van der Waals surface area contributed by atoms with E-state index in [1.165, 1.54) is 7.11 Å². The van der Waals surface area contributed by atoms with Crippen LogP contribution in [0.1, 0.15) is 16.7 Å². The summed E-state index contributed by atoms with van der Waals surface area (Å²) in [7, 11) is 3.01. The highest BCUT2D eigenvalue weighted by Crippen LogP contribution is 2.25. The van der Waals surface area contributed by atoms with E-state index in [1.54, 1.807) is 7.11 Å².